The van der Waals surface area contributed by atoms with Crippen molar-refractivity contribution in [2.24, 2.45) is 0 Å². The Balaban J connectivity index is 1.60. The first-order valence-corrected chi connectivity index (χ1v) is 6.91. The fraction of sp³-hybridized carbons (Fsp3) is 0.571. The second-order valence-electron chi connectivity index (χ2n) is 4.74. The van der Waals surface area contributed by atoms with Crippen LogP contribution < -0.4 is 10.6 Å². The van der Waals surface area contributed by atoms with Crippen LogP contribution in [-0.4, -0.2) is 19.1 Å². The minimum atomic E-state index is 0.724. The zero-order valence-corrected chi connectivity index (χ0v) is 11.0. The molecule has 94 valence electrons. The SMILES string of the molecule is Clc1ccc(CNCCC2CCCCN2)cc1. The molecule has 0 aromatic heterocycles. The van der Waals surface area contributed by atoms with Gasteiger partial charge in [0.15, 0.2) is 0 Å². The predicted octanol–water partition coefficient (Wildman–Crippen LogP) is 2.96. The number of benzene rings is 1. The highest BCUT2D eigenvalue weighted by molar-refractivity contribution is 6.30. The van der Waals surface area contributed by atoms with Crippen LogP contribution in [0.15, 0.2) is 24.3 Å². The van der Waals surface area contributed by atoms with E-state index in [9.17, 15) is 0 Å². The highest BCUT2D eigenvalue weighted by atomic mass is 35.5. The largest absolute Gasteiger partial charge is 0.314 e. The fourth-order valence-electron chi connectivity index (χ4n) is 2.28. The molecule has 0 radical (unpaired) electrons. The summed E-state index contributed by atoms with van der Waals surface area (Å²) >= 11 is 5.85. The van der Waals surface area contributed by atoms with E-state index in [-0.39, 0.29) is 0 Å². The molecule has 2 rings (SSSR count). The van der Waals surface area contributed by atoms with Crippen molar-refractivity contribution < 1.29 is 0 Å². The molecule has 1 unspecified atom stereocenters. The molecular formula is C14H21ClN2. The molecule has 1 heterocycles. The Kier molecular flexibility index (Phi) is 5.30. The third-order valence-corrected chi connectivity index (χ3v) is 3.58. The molecule has 1 aliphatic rings. The normalized spacial score (nSPS) is 20.4. The van der Waals surface area contributed by atoms with Crippen LogP contribution in [-0.2, 0) is 6.54 Å². The molecule has 17 heavy (non-hydrogen) atoms. The lowest BCUT2D eigenvalue weighted by Crippen LogP contribution is -2.36. The summed E-state index contributed by atoms with van der Waals surface area (Å²) in [5.41, 5.74) is 1.30. The maximum atomic E-state index is 5.85. The maximum Gasteiger partial charge on any atom is 0.0406 e. The van der Waals surface area contributed by atoms with Gasteiger partial charge in [0.25, 0.3) is 0 Å². The Labute approximate surface area is 109 Å². The first-order valence-electron chi connectivity index (χ1n) is 6.53. The molecule has 1 aromatic carbocycles. The Hall–Kier alpha value is -0.570. The Morgan fingerprint density at radius 3 is 2.76 bits per heavy atom. The lowest BCUT2D eigenvalue weighted by Gasteiger charge is -2.23. The lowest BCUT2D eigenvalue weighted by atomic mass is 10.0. The Bertz CT molecular complexity index is 317. The van der Waals surface area contributed by atoms with Crippen LogP contribution in [0.25, 0.3) is 0 Å². The number of piperidine rings is 1. The summed E-state index contributed by atoms with van der Waals surface area (Å²) in [4.78, 5) is 0. The molecule has 1 fully saturated rings. The van der Waals surface area contributed by atoms with Gasteiger partial charge >= 0.3 is 0 Å². The molecule has 0 aliphatic carbocycles. The topological polar surface area (TPSA) is 24.1 Å². The number of halogens is 1. The molecule has 2 nitrogen and oxygen atoms in total. The summed E-state index contributed by atoms with van der Waals surface area (Å²) in [6.45, 7) is 3.21. The second kappa shape index (κ2) is 7.00. The smallest absolute Gasteiger partial charge is 0.0406 e. The van der Waals surface area contributed by atoms with E-state index in [4.69, 9.17) is 11.6 Å². The van der Waals surface area contributed by atoms with Gasteiger partial charge in [0, 0.05) is 17.6 Å². The van der Waals surface area contributed by atoms with Crippen LogP contribution in [0.4, 0.5) is 0 Å². The van der Waals surface area contributed by atoms with Gasteiger partial charge in [0.05, 0.1) is 0 Å². The summed E-state index contributed by atoms with van der Waals surface area (Å²) < 4.78 is 0. The Morgan fingerprint density at radius 1 is 1.24 bits per heavy atom. The molecule has 3 heteroatoms. The number of hydrogen-bond donors (Lipinski definition) is 2. The summed E-state index contributed by atoms with van der Waals surface area (Å²) in [6, 6.07) is 8.77. The van der Waals surface area contributed by atoms with Crippen molar-refractivity contribution in [2.75, 3.05) is 13.1 Å². The zero-order chi connectivity index (χ0) is 11.9. The zero-order valence-electron chi connectivity index (χ0n) is 10.2. The molecule has 1 aromatic rings. The van der Waals surface area contributed by atoms with Crippen LogP contribution in [0, 0.1) is 0 Å². The van der Waals surface area contributed by atoms with E-state index >= 15 is 0 Å². The molecule has 2 N–H and O–H groups in total. The molecular weight excluding hydrogens is 232 g/mol. The highest BCUT2D eigenvalue weighted by Gasteiger charge is 2.11. The summed E-state index contributed by atoms with van der Waals surface area (Å²) in [5.74, 6) is 0. The fourth-order valence-corrected chi connectivity index (χ4v) is 2.41. The van der Waals surface area contributed by atoms with Gasteiger partial charge in [-0.25, -0.2) is 0 Å². The van der Waals surface area contributed by atoms with Gasteiger partial charge < -0.3 is 10.6 Å². The van der Waals surface area contributed by atoms with Crippen LogP contribution in [0.2, 0.25) is 5.02 Å². The van der Waals surface area contributed by atoms with Crippen molar-refractivity contribution in [3.05, 3.63) is 34.9 Å². The van der Waals surface area contributed by atoms with E-state index in [1.54, 1.807) is 0 Å². The van der Waals surface area contributed by atoms with Crippen LogP contribution in [0.1, 0.15) is 31.2 Å². The average molecular weight is 253 g/mol. The van der Waals surface area contributed by atoms with E-state index in [1.807, 2.05) is 12.1 Å². The van der Waals surface area contributed by atoms with Crippen molar-refractivity contribution in [3.8, 4) is 0 Å². The van der Waals surface area contributed by atoms with Crippen molar-refractivity contribution in [1.82, 2.24) is 10.6 Å². The summed E-state index contributed by atoms with van der Waals surface area (Å²) in [6.07, 6.45) is 5.29. The Morgan fingerprint density at radius 2 is 2.06 bits per heavy atom. The molecule has 0 amide bonds. The van der Waals surface area contributed by atoms with E-state index in [2.05, 4.69) is 22.8 Å². The highest BCUT2D eigenvalue weighted by Crippen LogP contribution is 2.10. The van der Waals surface area contributed by atoms with Crippen LogP contribution >= 0.6 is 11.6 Å². The average Bonchev–Trinajstić information content (AvgIpc) is 2.38. The van der Waals surface area contributed by atoms with Crippen molar-refractivity contribution >= 4 is 11.6 Å². The molecule has 0 saturated carbocycles. The lowest BCUT2D eigenvalue weighted by molar-refractivity contribution is 0.376. The van der Waals surface area contributed by atoms with Crippen LogP contribution in [0.3, 0.4) is 0 Å². The van der Waals surface area contributed by atoms with E-state index in [0.29, 0.717) is 0 Å². The van der Waals surface area contributed by atoms with Gasteiger partial charge in [-0.2, -0.15) is 0 Å². The minimum absolute atomic E-state index is 0.724. The molecule has 0 bridgehead atoms. The monoisotopic (exact) mass is 252 g/mol. The third-order valence-electron chi connectivity index (χ3n) is 3.32. The number of hydrogen-bond acceptors (Lipinski definition) is 2. The quantitative estimate of drug-likeness (QED) is 0.788. The van der Waals surface area contributed by atoms with Gasteiger partial charge in [0.1, 0.15) is 0 Å². The van der Waals surface area contributed by atoms with Gasteiger partial charge in [-0.3, -0.25) is 0 Å². The summed E-state index contributed by atoms with van der Waals surface area (Å²) in [7, 11) is 0. The van der Waals surface area contributed by atoms with Crippen molar-refractivity contribution in [2.45, 2.75) is 38.3 Å². The van der Waals surface area contributed by atoms with E-state index < -0.39 is 0 Å². The van der Waals surface area contributed by atoms with Gasteiger partial charge in [-0.15, -0.1) is 0 Å². The van der Waals surface area contributed by atoms with Crippen molar-refractivity contribution in [1.29, 1.82) is 0 Å². The minimum Gasteiger partial charge on any atom is -0.314 e. The second-order valence-corrected chi connectivity index (χ2v) is 5.18. The van der Waals surface area contributed by atoms with Gasteiger partial charge in [0.2, 0.25) is 0 Å². The third kappa shape index (κ3) is 4.66. The molecule has 0 spiro atoms. The molecule has 1 aliphatic heterocycles. The predicted molar refractivity (Wildman–Crippen MR) is 73.4 cm³/mol. The van der Waals surface area contributed by atoms with Gasteiger partial charge in [-0.1, -0.05) is 30.2 Å². The van der Waals surface area contributed by atoms with E-state index in [1.165, 1.54) is 37.8 Å². The van der Waals surface area contributed by atoms with Crippen molar-refractivity contribution in [3.63, 3.8) is 0 Å². The van der Waals surface area contributed by atoms with Crippen LogP contribution in [0.5, 0.6) is 0 Å². The standard InChI is InChI=1S/C14H21ClN2/c15-13-6-4-12(5-7-13)11-16-10-8-14-3-1-2-9-17-14/h4-7,14,16-17H,1-3,8-11H2. The summed E-state index contributed by atoms with van der Waals surface area (Å²) in [5, 5.41) is 7.86. The first kappa shape index (κ1) is 12.9. The molecule has 1 saturated heterocycles. The van der Waals surface area contributed by atoms with Gasteiger partial charge in [-0.05, 0) is 50.0 Å². The molecule has 1 atom stereocenters. The number of rotatable bonds is 5. The van der Waals surface area contributed by atoms with E-state index in [0.717, 1.165) is 24.2 Å². The maximum absolute atomic E-state index is 5.85. The first-order chi connectivity index (χ1) is 8.34. The number of nitrogens with one attached hydrogen (secondary N) is 2.